The quantitative estimate of drug-likeness (QED) is 0.131. The van der Waals surface area contributed by atoms with E-state index in [-0.39, 0.29) is 18.4 Å². The lowest BCUT2D eigenvalue weighted by Gasteiger charge is -2.19. The predicted octanol–water partition coefficient (Wildman–Crippen LogP) is 0.242. The SMILES string of the molecule is C=CN/C=C(/C#CCCCC/C(N)=C/NC(CN)CN)C(N)NC1CCC(C)O1. The molecule has 1 heterocycles. The van der Waals surface area contributed by atoms with E-state index >= 15 is 0 Å². The molecule has 1 aliphatic heterocycles. The van der Waals surface area contributed by atoms with E-state index in [9.17, 15) is 0 Å². The van der Waals surface area contributed by atoms with E-state index in [0.717, 1.165) is 49.8 Å². The third-order valence-corrected chi connectivity index (χ3v) is 4.61. The lowest BCUT2D eigenvalue weighted by molar-refractivity contribution is 0.0310. The van der Waals surface area contributed by atoms with Crippen LogP contribution < -0.4 is 38.9 Å². The standard InChI is InChI=1S/C21H39N7O/c1-3-26-14-17(21(25)28-20-11-10-16(2)29-20)8-6-4-5-7-9-18(24)15-27-19(12-22)13-23/h3,14-16,19-21,26-28H,1,4-5,7,9-13,22-25H2,2H3/b17-14-,18-15-. The molecular formula is C21H39N7O. The Labute approximate surface area is 175 Å². The van der Waals surface area contributed by atoms with Gasteiger partial charge in [0, 0.05) is 43.2 Å². The smallest absolute Gasteiger partial charge is 0.110 e. The molecular weight excluding hydrogens is 366 g/mol. The molecule has 0 aromatic heterocycles. The fourth-order valence-corrected chi connectivity index (χ4v) is 2.80. The largest absolute Gasteiger partial charge is 0.401 e. The second kappa shape index (κ2) is 14.9. The highest BCUT2D eigenvalue weighted by Crippen LogP contribution is 2.17. The van der Waals surface area contributed by atoms with E-state index in [0.29, 0.717) is 13.1 Å². The first kappa shape index (κ1) is 25.0. The number of hydrogen-bond donors (Lipinski definition) is 7. The summed E-state index contributed by atoms with van der Waals surface area (Å²) >= 11 is 0. The second-order valence-electron chi connectivity index (χ2n) is 7.19. The van der Waals surface area contributed by atoms with Crippen LogP contribution in [0.2, 0.25) is 0 Å². The minimum atomic E-state index is -0.395. The van der Waals surface area contributed by atoms with Crippen LogP contribution in [0.5, 0.6) is 0 Å². The molecule has 0 bridgehead atoms. The zero-order valence-corrected chi connectivity index (χ0v) is 17.6. The van der Waals surface area contributed by atoms with Gasteiger partial charge >= 0.3 is 0 Å². The van der Waals surface area contributed by atoms with Crippen molar-refractivity contribution in [3.63, 3.8) is 0 Å². The van der Waals surface area contributed by atoms with Crippen molar-refractivity contribution in [2.75, 3.05) is 13.1 Å². The van der Waals surface area contributed by atoms with Gasteiger partial charge in [0.15, 0.2) is 0 Å². The van der Waals surface area contributed by atoms with Gasteiger partial charge in [-0.25, -0.2) is 0 Å². The monoisotopic (exact) mass is 405 g/mol. The highest BCUT2D eigenvalue weighted by molar-refractivity contribution is 5.32. The van der Waals surface area contributed by atoms with Crippen molar-refractivity contribution in [3.05, 3.63) is 36.4 Å². The van der Waals surface area contributed by atoms with Gasteiger partial charge in [-0.1, -0.05) is 18.4 Å². The Bertz CT molecular complexity index is 590. The molecule has 11 N–H and O–H groups in total. The highest BCUT2D eigenvalue weighted by atomic mass is 16.5. The van der Waals surface area contributed by atoms with E-state index in [1.165, 1.54) is 0 Å². The molecule has 0 aliphatic carbocycles. The minimum Gasteiger partial charge on any atom is -0.401 e. The van der Waals surface area contributed by atoms with Crippen LogP contribution in [0.15, 0.2) is 36.4 Å². The topological polar surface area (TPSA) is 149 Å². The Morgan fingerprint density at radius 2 is 2.00 bits per heavy atom. The van der Waals surface area contributed by atoms with Gasteiger partial charge in [0.25, 0.3) is 0 Å². The Morgan fingerprint density at radius 1 is 1.24 bits per heavy atom. The van der Waals surface area contributed by atoms with Crippen LogP contribution >= 0.6 is 0 Å². The second-order valence-corrected chi connectivity index (χ2v) is 7.19. The molecule has 0 amide bonds. The first-order valence-electron chi connectivity index (χ1n) is 10.3. The lowest BCUT2D eigenvalue weighted by Crippen LogP contribution is -2.45. The average Bonchev–Trinajstić information content (AvgIpc) is 3.12. The van der Waals surface area contributed by atoms with Crippen LogP contribution in [0, 0.1) is 11.8 Å². The van der Waals surface area contributed by atoms with Gasteiger partial charge < -0.3 is 38.3 Å². The van der Waals surface area contributed by atoms with Gasteiger partial charge in [-0.2, -0.15) is 0 Å². The molecule has 8 heteroatoms. The van der Waals surface area contributed by atoms with Gasteiger partial charge in [-0.3, -0.25) is 5.32 Å². The molecule has 0 saturated carbocycles. The Morgan fingerprint density at radius 3 is 2.62 bits per heavy atom. The number of nitrogens with one attached hydrogen (secondary N) is 3. The zero-order chi connectivity index (χ0) is 21.5. The molecule has 29 heavy (non-hydrogen) atoms. The number of hydrogen-bond acceptors (Lipinski definition) is 8. The van der Waals surface area contributed by atoms with Gasteiger partial charge in [-0.05, 0) is 45.2 Å². The van der Waals surface area contributed by atoms with Crippen molar-refractivity contribution in [1.29, 1.82) is 0 Å². The summed E-state index contributed by atoms with van der Waals surface area (Å²) in [6, 6.07) is 0.0597. The number of allylic oxidation sites excluding steroid dienone is 1. The van der Waals surface area contributed by atoms with Gasteiger partial charge in [-0.15, -0.1) is 0 Å². The van der Waals surface area contributed by atoms with Crippen molar-refractivity contribution in [1.82, 2.24) is 16.0 Å². The van der Waals surface area contributed by atoms with Crippen LogP contribution in [-0.4, -0.2) is 37.6 Å². The minimum absolute atomic E-state index is 0.0320. The summed E-state index contributed by atoms with van der Waals surface area (Å²) in [7, 11) is 0. The highest BCUT2D eigenvalue weighted by Gasteiger charge is 2.23. The Balaban J connectivity index is 2.40. The maximum Gasteiger partial charge on any atom is 0.110 e. The average molecular weight is 406 g/mol. The summed E-state index contributed by atoms with van der Waals surface area (Å²) in [5.41, 5.74) is 25.0. The number of unbranched alkanes of at least 4 members (excludes halogenated alkanes) is 2. The molecule has 8 nitrogen and oxygen atoms in total. The van der Waals surface area contributed by atoms with Crippen molar-refractivity contribution in [3.8, 4) is 11.8 Å². The van der Waals surface area contributed by atoms with E-state index in [1.54, 1.807) is 18.6 Å². The van der Waals surface area contributed by atoms with Crippen LogP contribution in [-0.2, 0) is 4.74 Å². The molecule has 0 aromatic carbocycles. The maximum absolute atomic E-state index is 6.26. The van der Waals surface area contributed by atoms with Gasteiger partial charge in [0.1, 0.15) is 6.23 Å². The summed E-state index contributed by atoms with van der Waals surface area (Å²) in [6.07, 6.45) is 10.5. The maximum atomic E-state index is 6.26. The van der Waals surface area contributed by atoms with Crippen molar-refractivity contribution < 1.29 is 4.74 Å². The van der Waals surface area contributed by atoms with Gasteiger partial charge in [0.2, 0.25) is 0 Å². The molecule has 1 saturated heterocycles. The first-order chi connectivity index (χ1) is 14.0. The summed E-state index contributed by atoms with van der Waals surface area (Å²) in [5, 5.41) is 9.36. The van der Waals surface area contributed by atoms with Crippen molar-refractivity contribution in [2.45, 2.75) is 70.0 Å². The Hall–Kier alpha value is -2.02. The molecule has 0 radical (unpaired) electrons. The van der Waals surface area contributed by atoms with Crippen molar-refractivity contribution >= 4 is 0 Å². The number of ether oxygens (including phenoxy) is 1. The van der Waals surface area contributed by atoms with Crippen LogP contribution in [0.1, 0.15) is 45.4 Å². The van der Waals surface area contributed by atoms with Gasteiger partial charge in [0.05, 0.1) is 18.3 Å². The van der Waals surface area contributed by atoms with Crippen LogP contribution in [0.4, 0.5) is 0 Å². The van der Waals surface area contributed by atoms with E-state index in [1.807, 2.05) is 0 Å². The molecule has 0 spiro atoms. The fourth-order valence-electron chi connectivity index (χ4n) is 2.80. The number of rotatable bonds is 13. The molecule has 3 atom stereocenters. The van der Waals surface area contributed by atoms with E-state index in [2.05, 4.69) is 41.3 Å². The van der Waals surface area contributed by atoms with Crippen LogP contribution in [0.25, 0.3) is 0 Å². The first-order valence-corrected chi connectivity index (χ1v) is 10.3. The summed E-state index contributed by atoms with van der Waals surface area (Å²) in [6.45, 7) is 6.68. The molecule has 0 aromatic rings. The van der Waals surface area contributed by atoms with E-state index in [4.69, 9.17) is 27.7 Å². The lowest BCUT2D eigenvalue weighted by atomic mass is 10.1. The van der Waals surface area contributed by atoms with E-state index < -0.39 is 6.17 Å². The summed E-state index contributed by atoms with van der Waals surface area (Å²) < 4.78 is 5.77. The molecule has 1 aliphatic rings. The fraction of sp³-hybridized carbons (Fsp3) is 0.619. The molecule has 1 rings (SSSR count). The molecule has 164 valence electrons. The normalized spacial score (nSPS) is 20.9. The summed E-state index contributed by atoms with van der Waals surface area (Å²) in [4.78, 5) is 0. The predicted molar refractivity (Wildman–Crippen MR) is 120 cm³/mol. The number of nitrogens with two attached hydrogens (primary N) is 4. The Kier molecular flexibility index (Phi) is 12.9. The third-order valence-electron chi connectivity index (χ3n) is 4.61. The van der Waals surface area contributed by atoms with Crippen molar-refractivity contribution in [2.24, 2.45) is 22.9 Å². The van der Waals surface area contributed by atoms with Crippen LogP contribution in [0.3, 0.4) is 0 Å². The third kappa shape index (κ3) is 10.9. The molecule has 1 fully saturated rings. The molecule has 3 unspecified atom stereocenters. The zero-order valence-electron chi connectivity index (χ0n) is 17.6. The summed E-state index contributed by atoms with van der Waals surface area (Å²) in [5.74, 6) is 6.34.